The van der Waals surface area contributed by atoms with Crippen molar-refractivity contribution in [3.63, 3.8) is 0 Å². The number of anilines is 1. The van der Waals surface area contributed by atoms with Gasteiger partial charge >= 0.3 is 0 Å². The fourth-order valence-corrected chi connectivity index (χ4v) is 4.78. The van der Waals surface area contributed by atoms with Crippen LogP contribution in [0.25, 0.3) is 10.2 Å². The van der Waals surface area contributed by atoms with Gasteiger partial charge in [0, 0.05) is 5.69 Å². The SMILES string of the molecule is CCOc1ccc2nc(SCC(=O)Nc3c(C)cc(C)cc3C)sc2c1. The van der Waals surface area contributed by atoms with Gasteiger partial charge in [0.2, 0.25) is 5.91 Å². The minimum atomic E-state index is -0.0145. The van der Waals surface area contributed by atoms with E-state index in [1.54, 1.807) is 11.3 Å². The summed E-state index contributed by atoms with van der Waals surface area (Å²) >= 11 is 3.05. The largest absolute Gasteiger partial charge is 0.494 e. The van der Waals surface area contributed by atoms with Crippen molar-refractivity contribution in [3.05, 3.63) is 47.0 Å². The highest BCUT2D eigenvalue weighted by molar-refractivity contribution is 8.01. The molecule has 4 nitrogen and oxygen atoms in total. The number of nitrogens with one attached hydrogen (secondary N) is 1. The predicted molar refractivity (Wildman–Crippen MR) is 111 cm³/mol. The Labute approximate surface area is 162 Å². The van der Waals surface area contributed by atoms with Gasteiger partial charge in [-0.15, -0.1) is 11.3 Å². The molecule has 0 radical (unpaired) electrons. The number of rotatable bonds is 6. The molecule has 0 aliphatic heterocycles. The van der Waals surface area contributed by atoms with E-state index in [0.717, 1.165) is 37.1 Å². The van der Waals surface area contributed by atoms with Crippen LogP contribution in [0.1, 0.15) is 23.6 Å². The summed E-state index contributed by atoms with van der Waals surface area (Å²) in [5.74, 6) is 1.17. The summed E-state index contributed by atoms with van der Waals surface area (Å²) in [6, 6.07) is 10.0. The van der Waals surface area contributed by atoms with Gasteiger partial charge in [-0.3, -0.25) is 4.79 Å². The molecule has 1 heterocycles. The Morgan fingerprint density at radius 2 is 1.92 bits per heavy atom. The first-order valence-electron chi connectivity index (χ1n) is 8.50. The number of hydrogen-bond donors (Lipinski definition) is 1. The van der Waals surface area contributed by atoms with E-state index in [4.69, 9.17) is 4.74 Å². The molecule has 3 aromatic rings. The fraction of sp³-hybridized carbons (Fsp3) is 0.300. The van der Waals surface area contributed by atoms with Crippen LogP contribution in [0.4, 0.5) is 5.69 Å². The van der Waals surface area contributed by atoms with Crippen molar-refractivity contribution in [1.82, 2.24) is 4.98 Å². The molecule has 3 rings (SSSR count). The fourth-order valence-electron chi connectivity index (χ4n) is 2.88. The summed E-state index contributed by atoms with van der Waals surface area (Å²) in [5.41, 5.74) is 5.22. The minimum absolute atomic E-state index is 0.0145. The van der Waals surface area contributed by atoms with Gasteiger partial charge in [-0.1, -0.05) is 29.5 Å². The monoisotopic (exact) mass is 386 g/mol. The number of amides is 1. The third-order valence-corrected chi connectivity index (χ3v) is 6.08. The Kier molecular flexibility index (Phi) is 5.84. The lowest BCUT2D eigenvalue weighted by molar-refractivity contribution is -0.113. The second kappa shape index (κ2) is 8.10. The average molecular weight is 387 g/mol. The van der Waals surface area contributed by atoms with Gasteiger partial charge in [0.15, 0.2) is 4.34 Å². The Morgan fingerprint density at radius 3 is 2.62 bits per heavy atom. The van der Waals surface area contributed by atoms with E-state index in [2.05, 4.69) is 29.4 Å². The Balaban J connectivity index is 1.65. The molecule has 6 heteroatoms. The van der Waals surface area contributed by atoms with Gasteiger partial charge in [0.1, 0.15) is 5.75 Å². The lowest BCUT2D eigenvalue weighted by Gasteiger charge is -2.12. The molecule has 136 valence electrons. The van der Waals surface area contributed by atoms with Crippen molar-refractivity contribution in [2.45, 2.75) is 32.0 Å². The number of fused-ring (bicyclic) bond motifs is 1. The highest BCUT2D eigenvalue weighted by Gasteiger charge is 2.11. The number of thiazole rings is 1. The predicted octanol–water partition coefficient (Wildman–Crippen LogP) is 5.35. The van der Waals surface area contributed by atoms with Crippen molar-refractivity contribution in [1.29, 1.82) is 0 Å². The lowest BCUT2D eigenvalue weighted by atomic mass is 10.1. The minimum Gasteiger partial charge on any atom is -0.494 e. The second-order valence-corrected chi connectivity index (χ2v) is 8.41. The summed E-state index contributed by atoms with van der Waals surface area (Å²) in [6.45, 7) is 8.71. The van der Waals surface area contributed by atoms with Gasteiger partial charge in [-0.25, -0.2) is 4.98 Å². The number of carbonyl (C=O) groups excluding carboxylic acids is 1. The van der Waals surface area contributed by atoms with Crippen LogP contribution in [-0.4, -0.2) is 23.3 Å². The number of benzene rings is 2. The molecule has 0 saturated carbocycles. The van der Waals surface area contributed by atoms with Crippen LogP contribution >= 0.6 is 23.1 Å². The number of carbonyl (C=O) groups is 1. The van der Waals surface area contributed by atoms with Crippen molar-refractivity contribution >= 4 is 44.9 Å². The normalized spacial score (nSPS) is 10.9. The zero-order valence-corrected chi connectivity index (χ0v) is 17.0. The molecule has 0 spiro atoms. The maximum Gasteiger partial charge on any atom is 0.234 e. The van der Waals surface area contributed by atoms with Crippen molar-refractivity contribution < 1.29 is 9.53 Å². The topological polar surface area (TPSA) is 51.2 Å². The zero-order valence-electron chi connectivity index (χ0n) is 15.4. The van der Waals surface area contributed by atoms with Crippen LogP contribution in [0.15, 0.2) is 34.7 Å². The van der Waals surface area contributed by atoms with E-state index in [0.29, 0.717) is 12.4 Å². The summed E-state index contributed by atoms with van der Waals surface area (Å²) in [7, 11) is 0. The highest BCUT2D eigenvalue weighted by atomic mass is 32.2. The van der Waals surface area contributed by atoms with E-state index in [-0.39, 0.29) is 5.91 Å². The molecule has 0 aliphatic rings. The smallest absolute Gasteiger partial charge is 0.234 e. The van der Waals surface area contributed by atoms with Crippen molar-refractivity contribution in [3.8, 4) is 5.75 Å². The molecule has 0 aliphatic carbocycles. The van der Waals surface area contributed by atoms with Gasteiger partial charge in [-0.2, -0.15) is 0 Å². The molecule has 0 bridgehead atoms. The third-order valence-electron chi connectivity index (χ3n) is 3.92. The standard InChI is InChI=1S/C20H22N2O2S2/c1-5-24-15-6-7-16-17(10-15)26-20(21-16)25-11-18(23)22-19-13(3)8-12(2)9-14(19)4/h6-10H,5,11H2,1-4H3,(H,22,23). The van der Waals surface area contributed by atoms with E-state index < -0.39 is 0 Å². The second-order valence-electron chi connectivity index (χ2n) is 6.15. The number of aromatic nitrogens is 1. The van der Waals surface area contributed by atoms with Crippen LogP contribution in [0.3, 0.4) is 0 Å². The molecular weight excluding hydrogens is 364 g/mol. The summed E-state index contributed by atoms with van der Waals surface area (Å²) < 4.78 is 7.49. The van der Waals surface area contributed by atoms with Crippen LogP contribution < -0.4 is 10.1 Å². The first-order valence-corrected chi connectivity index (χ1v) is 10.3. The maximum absolute atomic E-state index is 12.4. The van der Waals surface area contributed by atoms with E-state index >= 15 is 0 Å². The molecule has 0 unspecified atom stereocenters. The number of aryl methyl sites for hydroxylation is 3. The summed E-state index contributed by atoms with van der Waals surface area (Å²) in [6.07, 6.45) is 0. The first-order chi connectivity index (χ1) is 12.5. The van der Waals surface area contributed by atoms with E-state index in [9.17, 15) is 4.79 Å². The van der Waals surface area contributed by atoms with Gasteiger partial charge in [0.05, 0.1) is 22.6 Å². The molecule has 2 aromatic carbocycles. The van der Waals surface area contributed by atoms with Crippen LogP contribution in [0.5, 0.6) is 5.75 Å². The van der Waals surface area contributed by atoms with Crippen molar-refractivity contribution in [2.24, 2.45) is 0 Å². The Hall–Kier alpha value is -2.05. The summed E-state index contributed by atoms with van der Waals surface area (Å²) in [5, 5.41) is 3.03. The van der Waals surface area contributed by atoms with Crippen LogP contribution in [-0.2, 0) is 4.79 Å². The molecule has 0 fully saturated rings. The quantitative estimate of drug-likeness (QED) is 0.580. The lowest BCUT2D eigenvalue weighted by Crippen LogP contribution is -2.15. The van der Waals surface area contributed by atoms with E-state index in [1.165, 1.54) is 17.3 Å². The molecular formula is C20H22N2O2S2. The zero-order chi connectivity index (χ0) is 18.7. The maximum atomic E-state index is 12.4. The summed E-state index contributed by atoms with van der Waals surface area (Å²) in [4.78, 5) is 16.9. The third kappa shape index (κ3) is 4.37. The molecule has 0 atom stereocenters. The molecule has 0 saturated heterocycles. The molecule has 26 heavy (non-hydrogen) atoms. The van der Waals surface area contributed by atoms with Crippen LogP contribution in [0, 0.1) is 20.8 Å². The van der Waals surface area contributed by atoms with Gasteiger partial charge < -0.3 is 10.1 Å². The van der Waals surface area contributed by atoms with Crippen molar-refractivity contribution in [2.75, 3.05) is 17.7 Å². The van der Waals surface area contributed by atoms with Gasteiger partial charge in [-0.05, 0) is 57.0 Å². The molecule has 1 N–H and O–H groups in total. The highest BCUT2D eigenvalue weighted by Crippen LogP contribution is 2.32. The number of nitrogens with zero attached hydrogens (tertiary/aromatic N) is 1. The average Bonchev–Trinajstić information content (AvgIpc) is 2.99. The number of thioether (sulfide) groups is 1. The van der Waals surface area contributed by atoms with Gasteiger partial charge in [0.25, 0.3) is 0 Å². The Bertz CT molecular complexity index is 927. The van der Waals surface area contributed by atoms with E-state index in [1.807, 2.05) is 39.0 Å². The molecule has 1 amide bonds. The molecule has 1 aromatic heterocycles. The number of ether oxygens (including phenoxy) is 1. The number of hydrogen-bond acceptors (Lipinski definition) is 5. The van der Waals surface area contributed by atoms with Crippen LogP contribution in [0.2, 0.25) is 0 Å². The Morgan fingerprint density at radius 1 is 1.19 bits per heavy atom. The first kappa shape index (κ1) is 18.7.